The lowest BCUT2D eigenvalue weighted by Gasteiger charge is -2.29. The highest BCUT2D eigenvalue weighted by molar-refractivity contribution is 8.18. The molecule has 3 heterocycles. The van der Waals surface area contributed by atoms with E-state index in [9.17, 15) is 18.8 Å². The van der Waals surface area contributed by atoms with Crippen molar-refractivity contribution < 1.29 is 18.8 Å². The summed E-state index contributed by atoms with van der Waals surface area (Å²) < 4.78 is 14.8. The van der Waals surface area contributed by atoms with Crippen molar-refractivity contribution in [2.75, 3.05) is 31.1 Å². The van der Waals surface area contributed by atoms with Crippen molar-refractivity contribution in [3.05, 3.63) is 69.9 Å². The molecule has 0 aromatic heterocycles. The van der Waals surface area contributed by atoms with E-state index in [1.54, 1.807) is 11.0 Å². The third-order valence-electron chi connectivity index (χ3n) is 6.64. The highest BCUT2D eigenvalue weighted by Crippen LogP contribution is 2.33. The number of carbonyl (C=O) groups excluding carboxylic acids is 3. The molecule has 0 unspecified atom stereocenters. The molecule has 0 N–H and O–H groups in total. The van der Waals surface area contributed by atoms with E-state index in [0.29, 0.717) is 13.1 Å². The Hall–Kier alpha value is -3.13. The van der Waals surface area contributed by atoms with Crippen molar-refractivity contribution >= 4 is 40.6 Å². The molecule has 8 heteroatoms. The third-order valence-corrected chi connectivity index (χ3v) is 7.55. The van der Waals surface area contributed by atoms with E-state index >= 15 is 0 Å². The van der Waals surface area contributed by atoms with E-state index < -0.39 is 17.0 Å². The fourth-order valence-corrected chi connectivity index (χ4v) is 5.53. The number of fused-ring (bicyclic) bond motifs is 1. The molecule has 34 heavy (non-hydrogen) atoms. The van der Waals surface area contributed by atoms with Crippen LogP contribution in [0, 0.1) is 5.82 Å². The molecule has 2 aromatic rings. The predicted molar refractivity (Wildman–Crippen MR) is 131 cm³/mol. The van der Waals surface area contributed by atoms with Crippen LogP contribution in [0.15, 0.2) is 47.4 Å². The van der Waals surface area contributed by atoms with Crippen molar-refractivity contribution in [1.82, 2.24) is 9.80 Å². The van der Waals surface area contributed by atoms with Gasteiger partial charge < -0.3 is 9.80 Å². The van der Waals surface area contributed by atoms with Gasteiger partial charge in [0.25, 0.3) is 11.1 Å². The first-order chi connectivity index (χ1) is 16.5. The molecule has 0 bridgehead atoms. The molecule has 2 aromatic carbocycles. The van der Waals surface area contributed by atoms with Crippen LogP contribution < -0.4 is 4.90 Å². The summed E-state index contributed by atoms with van der Waals surface area (Å²) in [6.07, 6.45) is 5.54. The van der Waals surface area contributed by atoms with Gasteiger partial charge in [0, 0.05) is 37.4 Å². The second-order valence-corrected chi connectivity index (χ2v) is 9.85. The second-order valence-electron chi connectivity index (χ2n) is 8.86. The van der Waals surface area contributed by atoms with Crippen LogP contribution in [0.5, 0.6) is 0 Å². The molecule has 2 fully saturated rings. The topological polar surface area (TPSA) is 60.9 Å². The van der Waals surface area contributed by atoms with E-state index in [4.69, 9.17) is 0 Å². The van der Waals surface area contributed by atoms with Crippen LogP contribution in [-0.4, -0.2) is 53.0 Å². The Kier molecular flexibility index (Phi) is 6.41. The van der Waals surface area contributed by atoms with Gasteiger partial charge in [0.2, 0.25) is 5.91 Å². The van der Waals surface area contributed by atoms with Crippen molar-refractivity contribution in [1.29, 1.82) is 0 Å². The van der Waals surface area contributed by atoms with E-state index in [1.807, 2.05) is 24.3 Å². The van der Waals surface area contributed by atoms with E-state index in [-0.39, 0.29) is 22.9 Å². The van der Waals surface area contributed by atoms with Crippen LogP contribution in [-0.2, 0) is 22.6 Å². The van der Waals surface area contributed by atoms with Crippen molar-refractivity contribution in [2.24, 2.45) is 0 Å². The number of benzene rings is 2. The van der Waals surface area contributed by atoms with Crippen molar-refractivity contribution in [3.8, 4) is 0 Å². The number of anilines is 1. The molecule has 2 saturated heterocycles. The quantitative estimate of drug-likeness (QED) is 0.607. The molecule has 3 aliphatic rings. The summed E-state index contributed by atoms with van der Waals surface area (Å²) in [7, 11) is 0. The molecule has 0 spiro atoms. The summed E-state index contributed by atoms with van der Waals surface area (Å²) in [5, 5.41) is -0.507. The first-order valence-electron chi connectivity index (χ1n) is 11.6. The number of hydrogen-bond donors (Lipinski definition) is 0. The number of piperidine rings is 1. The number of halogens is 1. The fraction of sp³-hybridized carbons (Fsp3) is 0.346. The van der Waals surface area contributed by atoms with Gasteiger partial charge in [0.1, 0.15) is 12.4 Å². The van der Waals surface area contributed by atoms with Gasteiger partial charge in [-0.25, -0.2) is 4.39 Å². The summed E-state index contributed by atoms with van der Waals surface area (Å²) >= 11 is 0.746. The Morgan fingerprint density at radius 2 is 1.76 bits per heavy atom. The minimum atomic E-state index is -0.555. The molecule has 0 radical (unpaired) electrons. The molecular weight excluding hydrogens is 453 g/mol. The van der Waals surface area contributed by atoms with Crippen LogP contribution >= 0.6 is 11.8 Å². The highest BCUT2D eigenvalue weighted by atomic mass is 32.2. The Bertz CT molecular complexity index is 1180. The van der Waals surface area contributed by atoms with Crippen molar-refractivity contribution in [3.63, 3.8) is 0 Å². The number of imide groups is 1. The van der Waals surface area contributed by atoms with Crippen molar-refractivity contribution in [2.45, 2.75) is 32.2 Å². The molecule has 3 aliphatic heterocycles. The Morgan fingerprint density at radius 3 is 2.53 bits per heavy atom. The van der Waals surface area contributed by atoms with E-state index in [1.165, 1.54) is 24.1 Å². The van der Waals surface area contributed by atoms with E-state index in [2.05, 4.69) is 11.0 Å². The summed E-state index contributed by atoms with van der Waals surface area (Å²) in [6, 6.07) is 12.9. The van der Waals surface area contributed by atoms with Gasteiger partial charge in [0.15, 0.2) is 0 Å². The smallest absolute Gasteiger partial charge is 0.294 e. The second kappa shape index (κ2) is 9.62. The lowest BCUT2D eigenvalue weighted by molar-refractivity contribution is -0.136. The number of carbonyl (C=O) groups is 3. The number of hydrogen-bond acceptors (Lipinski definition) is 5. The normalized spacial score (nSPS) is 19.7. The van der Waals surface area contributed by atoms with Crippen LogP contribution in [0.4, 0.5) is 14.9 Å². The monoisotopic (exact) mass is 479 g/mol. The molecule has 0 saturated carbocycles. The lowest BCUT2D eigenvalue weighted by Crippen LogP contribution is -2.44. The molecule has 0 aliphatic carbocycles. The number of nitrogens with zero attached hydrogens (tertiary/aromatic N) is 3. The first kappa shape index (κ1) is 22.7. The number of amides is 3. The Balaban J connectivity index is 1.26. The van der Waals surface area contributed by atoms with Gasteiger partial charge in [-0.3, -0.25) is 19.3 Å². The van der Waals surface area contributed by atoms with Crippen LogP contribution in [0.2, 0.25) is 0 Å². The summed E-state index contributed by atoms with van der Waals surface area (Å²) in [4.78, 5) is 43.2. The highest BCUT2D eigenvalue weighted by Gasteiger charge is 2.37. The summed E-state index contributed by atoms with van der Waals surface area (Å²) in [6.45, 7) is 2.54. The zero-order valence-electron chi connectivity index (χ0n) is 18.8. The zero-order chi connectivity index (χ0) is 23.7. The maximum atomic E-state index is 14.8. The molecule has 176 valence electrons. The molecule has 5 rings (SSSR count). The third kappa shape index (κ3) is 4.59. The largest absolute Gasteiger partial charge is 0.371 e. The van der Waals surface area contributed by atoms with Gasteiger partial charge in [-0.15, -0.1) is 0 Å². The number of thioether (sulfide) groups is 1. The molecule has 6 nitrogen and oxygen atoms in total. The standard InChI is InChI=1S/C26H26FN3O3S/c27-22-15-21(28-11-4-1-5-12-28)9-8-19(22)14-23-25(32)30(26(33)34-23)17-24(31)29-13-10-18-6-2-3-7-20(18)16-29/h2-3,6-9,14-15H,1,4-5,10-13,16-17H2/b23-14-. The van der Waals surface area contributed by atoms with Gasteiger partial charge in [-0.05, 0) is 72.8 Å². The Morgan fingerprint density at radius 1 is 1.00 bits per heavy atom. The lowest BCUT2D eigenvalue weighted by atomic mass is 10.00. The van der Waals surface area contributed by atoms with Crippen LogP contribution in [0.1, 0.15) is 36.0 Å². The molecule has 3 amide bonds. The van der Waals surface area contributed by atoms with Crippen LogP contribution in [0.3, 0.4) is 0 Å². The Labute approximate surface area is 202 Å². The molecule has 0 atom stereocenters. The number of rotatable bonds is 4. The average molecular weight is 480 g/mol. The maximum absolute atomic E-state index is 14.8. The van der Waals surface area contributed by atoms with Gasteiger partial charge in [-0.1, -0.05) is 24.3 Å². The SMILES string of the molecule is O=C(CN1C(=O)S/C(=C\c2ccc(N3CCCCC3)cc2F)C1=O)N1CCc2ccccc2C1. The summed E-state index contributed by atoms with van der Waals surface area (Å²) in [5.41, 5.74) is 3.38. The van der Waals surface area contributed by atoms with Crippen LogP contribution in [0.25, 0.3) is 6.08 Å². The minimum Gasteiger partial charge on any atom is -0.371 e. The average Bonchev–Trinajstić information content (AvgIpc) is 3.12. The van der Waals surface area contributed by atoms with Gasteiger partial charge >= 0.3 is 0 Å². The molecular formula is C26H26FN3O3S. The fourth-order valence-electron chi connectivity index (χ4n) is 4.70. The maximum Gasteiger partial charge on any atom is 0.294 e. The summed E-state index contributed by atoms with van der Waals surface area (Å²) in [5.74, 6) is -1.26. The van der Waals surface area contributed by atoms with Gasteiger partial charge in [-0.2, -0.15) is 0 Å². The zero-order valence-corrected chi connectivity index (χ0v) is 19.7. The van der Waals surface area contributed by atoms with E-state index in [0.717, 1.165) is 60.3 Å². The predicted octanol–water partition coefficient (Wildman–Crippen LogP) is 4.44. The minimum absolute atomic E-state index is 0.131. The van der Waals surface area contributed by atoms with Gasteiger partial charge in [0.05, 0.1) is 4.91 Å². The first-order valence-corrected chi connectivity index (χ1v) is 12.5.